The Morgan fingerprint density at radius 3 is 2.78 bits per heavy atom. The van der Waals surface area contributed by atoms with Gasteiger partial charge in [0, 0.05) is 11.4 Å². The van der Waals surface area contributed by atoms with E-state index in [4.69, 9.17) is 0 Å². The number of fused-ring (bicyclic) bond motifs is 1. The molecule has 138 valence electrons. The first-order valence-electron chi connectivity index (χ1n) is 7.88. The van der Waals surface area contributed by atoms with E-state index in [1.165, 1.54) is 47.6 Å². The quantitative estimate of drug-likeness (QED) is 0.374. The minimum atomic E-state index is -0.567. The Kier molecular flexibility index (Phi) is 6.15. The first kappa shape index (κ1) is 19.0. The van der Waals surface area contributed by atoms with Crippen molar-refractivity contribution in [3.05, 3.63) is 55.1 Å². The second-order valence-corrected chi connectivity index (χ2v) is 7.36. The Labute approximate surface area is 162 Å². The molecule has 27 heavy (non-hydrogen) atoms. The molecule has 0 aliphatic heterocycles. The molecule has 0 aliphatic rings. The Bertz CT molecular complexity index is 989. The van der Waals surface area contributed by atoms with Gasteiger partial charge < -0.3 is 5.32 Å². The van der Waals surface area contributed by atoms with E-state index in [1.54, 1.807) is 12.1 Å². The Hall–Kier alpha value is -2.78. The number of halogens is 1. The number of hydrogen-bond donors (Lipinski definition) is 2. The number of imide groups is 1. The summed E-state index contributed by atoms with van der Waals surface area (Å²) in [4.78, 5) is 32.8. The molecule has 2 heterocycles. The van der Waals surface area contributed by atoms with Crippen molar-refractivity contribution in [2.75, 3.05) is 12.3 Å². The predicted octanol–water partition coefficient (Wildman–Crippen LogP) is 3.60. The molecule has 2 N–H and O–H groups in total. The van der Waals surface area contributed by atoms with Gasteiger partial charge in [-0.25, -0.2) is 19.2 Å². The van der Waals surface area contributed by atoms with E-state index in [2.05, 4.69) is 27.2 Å². The molecular formula is C18H15FN4O2S2. The zero-order valence-electron chi connectivity index (χ0n) is 14.1. The summed E-state index contributed by atoms with van der Waals surface area (Å²) in [5.74, 6) is -0.681. The second-order valence-electron chi connectivity index (χ2n) is 5.35. The molecule has 3 aromatic rings. The number of nitrogens with zero attached hydrogens (tertiary/aromatic N) is 2. The van der Waals surface area contributed by atoms with Crippen molar-refractivity contribution in [2.24, 2.45) is 0 Å². The minimum absolute atomic E-state index is 0.0391. The lowest BCUT2D eigenvalue weighted by Gasteiger charge is -2.04. The van der Waals surface area contributed by atoms with Crippen molar-refractivity contribution in [1.82, 2.24) is 20.6 Å². The third-order valence-electron chi connectivity index (χ3n) is 3.41. The van der Waals surface area contributed by atoms with Gasteiger partial charge in [0.15, 0.2) is 0 Å². The number of amides is 3. The van der Waals surface area contributed by atoms with E-state index >= 15 is 0 Å². The number of carbonyl (C=O) groups is 2. The third-order valence-corrected chi connectivity index (χ3v) is 5.71. The van der Waals surface area contributed by atoms with Crippen molar-refractivity contribution in [1.29, 1.82) is 0 Å². The molecule has 0 unspecified atom stereocenters. The summed E-state index contributed by atoms with van der Waals surface area (Å²) in [5, 5.41) is 5.36. The topological polar surface area (TPSA) is 84.0 Å². The molecule has 3 rings (SSSR count). The van der Waals surface area contributed by atoms with Gasteiger partial charge in [-0.15, -0.1) is 17.9 Å². The molecule has 0 radical (unpaired) electrons. The van der Waals surface area contributed by atoms with Gasteiger partial charge in [0.05, 0.1) is 16.0 Å². The van der Waals surface area contributed by atoms with Crippen LogP contribution in [0.4, 0.5) is 9.18 Å². The van der Waals surface area contributed by atoms with E-state index in [-0.39, 0.29) is 18.1 Å². The van der Waals surface area contributed by atoms with Crippen LogP contribution in [0.1, 0.15) is 0 Å². The Balaban J connectivity index is 1.71. The first-order valence-corrected chi connectivity index (χ1v) is 9.69. The summed E-state index contributed by atoms with van der Waals surface area (Å²) in [6.45, 7) is 3.76. The molecule has 9 heteroatoms. The van der Waals surface area contributed by atoms with Crippen LogP contribution in [0.15, 0.2) is 54.3 Å². The molecule has 0 spiro atoms. The van der Waals surface area contributed by atoms with E-state index in [0.29, 0.717) is 5.03 Å². The van der Waals surface area contributed by atoms with E-state index in [0.717, 1.165) is 20.7 Å². The van der Waals surface area contributed by atoms with E-state index in [1.807, 2.05) is 6.07 Å². The normalized spacial score (nSPS) is 10.6. The van der Waals surface area contributed by atoms with Crippen LogP contribution >= 0.6 is 23.1 Å². The highest BCUT2D eigenvalue weighted by molar-refractivity contribution is 8.00. The van der Waals surface area contributed by atoms with Gasteiger partial charge in [-0.1, -0.05) is 30.0 Å². The molecule has 0 saturated carbocycles. The number of nitrogens with one attached hydrogen (secondary N) is 2. The average molecular weight is 402 g/mol. The van der Waals surface area contributed by atoms with Crippen molar-refractivity contribution in [2.45, 2.75) is 5.03 Å². The van der Waals surface area contributed by atoms with Crippen LogP contribution in [0, 0.1) is 5.82 Å². The standard InChI is InChI=1S/C18H15FN4O2S2/c1-2-7-20-18(25)23-15(24)9-26-17-16-13(21-10-22-17)8-14(27-16)11-3-5-12(19)6-4-11/h2-6,8,10H,1,7,9H2,(H2,20,23,24,25). The highest BCUT2D eigenvalue weighted by Crippen LogP contribution is 2.36. The van der Waals surface area contributed by atoms with Crippen LogP contribution in [-0.4, -0.2) is 34.2 Å². The van der Waals surface area contributed by atoms with Gasteiger partial charge in [-0.3, -0.25) is 10.1 Å². The lowest BCUT2D eigenvalue weighted by molar-refractivity contribution is -0.117. The summed E-state index contributed by atoms with van der Waals surface area (Å²) in [6, 6.07) is 7.56. The van der Waals surface area contributed by atoms with Gasteiger partial charge >= 0.3 is 6.03 Å². The predicted molar refractivity (Wildman–Crippen MR) is 105 cm³/mol. The van der Waals surface area contributed by atoms with Crippen molar-refractivity contribution < 1.29 is 14.0 Å². The van der Waals surface area contributed by atoms with Crippen LogP contribution in [0.3, 0.4) is 0 Å². The van der Waals surface area contributed by atoms with E-state index < -0.39 is 11.9 Å². The number of thioether (sulfide) groups is 1. The lowest BCUT2D eigenvalue weighted by Crippen LogP contribution is -2.40. The van der Waals surface area contributed by atoms with Crippen LogP contribution < -0.4 is 10.6 Å². The smallest absolute Gasteiger partial charge is 0.321 e. The first-order chi connectivity index (χ1) is 13.1. The summed E-state index contributed by atoms with van der Waals surface area (Å²) < 4.78 is 14.0. The van der Waals surface area contributed by atoms with Gasteiger partial charge in [0.2, 0.25) is 5.91 Å². The highest BCUT2D eigenvalue weighted by atomic mass is 32.2. The fourth-order valence-electron chi connectivity index (χ4n) is 2.20. The maximum atomic E-state index is 13.1. The number of rotatable bonds is 6. The van der Waals surface area contributed by atoms with Gasteiger partial charge in [-0.2, -0.15) is 0 Å². The van der Waals surface area contributed by atoms with Gasteiger partial charge in [0.25, 0.3) is 0 Å². The number of benzene rings is 1. The van der Waals surface area contributed by atoms with Gasteiger partial charge in [-0.05, 0) is 23.8 Å². The summed E-state index contributed by atoms with van der Waals surface area (Å²) in [5.41, 5.74) is 1.63. The molecule has 6 nitrogen and oxygen atoms in total. The molecular weight excluding hydrogens is 387 g/mol. The minimum Gasteiger partial charge on any atom is -0.334 e. The maximum absolute atomic E-state index is 13.1. The van der Waals surface area contributed by atoms with Crippen LogP contribution in [0.5, 0.6) is 0 Å². The molecule has 3 amide bonds. The molecule has 0 bridgehead atoms. The fraction of sp³-hybridized carbons (Fsp3) is 0.111. The van der Waals surface area contributed by atoms with Crippen LogP contribution in [-0.2, 0) is 4.79 Å². The molecule has 0 fully saturated rings. The third kappa shape index (κ3) is 4.89. The molecule has 0 saturated heterocycles. The van der Waals surface area contributed by atoms with Crippen LogP contribution in [0.2, 0.25) is 0 Å². The SMILES string of the molecule is C=CCNC(=O)NC(=O)CSc1ncnc2cc(-c3ccc(F)cc3)sc12. The number of aromatic nitrogens is 2. The highest BCUT2D eigenvalue weighted by Gasteiger charge is 2.13. The number of urea groups is 1. The second kappa shape index (κ2) is 8.74. The summed E-state index contributed by atoms with van der Waals surface area (Å²) in [7, 11) is 0. The maximum Gasteiger partial charge on any atom is 0.321 e. The summed E-state index contributed by atoms with van der Waals surface area (Å²) >= 11 is 2.69. The fourth-order valence-corrected chi connectivity index (χ4v) is 4.20. The van der Waals surface area contributed by atoms with Gasteiger partial charge in [0.1, 0.15) is 17.2 Å². The Morgan fingerprint density at radius 1 is 1.26 bits per heavy atom. The zero-order valence-corrected chi connectivity index (χ0v) is 15.7. The van der Waals surface area contributed by atoms with Crippen molar-refractivity contribution in [3.63, 3.8) is 0 Å². The van der Waals surface area contributed by atoms with Crippen LogP contribution in [0.25, 0.3) is 20.7 Å². The average Bonchev–Trinajstić information content (AvgIpc) is 3.10. The number of thiophene rings is 1. The molecule has 1 aromatic carbocycles. The zero-order chi connectivity index (χ0) is 19.2. The van der Waals surface area contributed by atoms with E-state index in [9.17, 15) is 14.0 Å². The Morgan fingerprint density at radius 2 is 2.04 bits per heavy atom. The number of carbonyl (C=O) groups excluding carboxylic acids is 2. The van der Waals surface area contributed by atoms with Crippen molar-refractivity contribution >= 4 is 45.3 Å². The lowest BCUT2D eigenvalue weighted by atomic mass is 10.2. The molecule has 0 aliphatic carbocycles. The monoisotopic (exact) mass is 402 g/mol. The summed E-state index contributed by atoms with van der Waals surface area (Å²) in [6.07, 6.45) is 2.95. The largest absolute Gasteiger partial charge is 0.334 e. The van der Waals surface area contributed by atoms with Crippen molar-refractivity contribution in [3.8, 4) is 10.4 Å². The molecule has 0 atom stereocenters. The molecule has 2 aromatic heterocycles. The number of hydrogen-bond acceptors (Lipinski definition) is 6.